The Morgan fingerprint density at radius 1 is 1.47 bits per heavy atom. The number of para-hydroxylation sites is 1. The van der Waals surface area contributed by atoms with Crippen molar-refractivity contribution >= 4 is 11.7 Å². The molecule has 0 unspecified atom stereocenters. The monoisotopic (exact) mass is 232 g/mol. The van der Waals surface area contributed by atoms with Crippen molar-refractivity contribution in [3.8, 4) is 5.75 Å². The maximum atomic E-state index is 12.3. The summed E-state index contributed by atoms with van der Waals surface area (Å²) in [4.78, 5) is 18.2. The molecule has 0 atom stereocenters. The zero-order chi connectivity index (χ0) is 12.3. The lowest BCUT2D eigenvalue weighted by atomic mass is 10.1. The average molecular weight is 232 g/mol. The number of carbonyl (C=O) groups excluding carboxylic acids is 1. The number of ether oxygens (including phenoxy) is 1. The van der Waals surface area contributed by atoms with E-state index in [0.29, 0.717) is 31.0 Å². The van der Waals surface area contributed by atoms with Crippen molar-refractivity contribution in [2.75, 3.05) is 19.7 Å². The Kier molecular flexibility index (Phi) is 3.42. The second-order valence-electron chi connectivity index (χ2n) is 3.81. The van der Waals surface area contributed by atoms with Gasteiger partial charge in [-0.1, -0.05) is 12.1 Å². The standard InChI is InChI=1S/C13H16N2O2/c1-3-17-12-7-5-4-6-11(12)13(16)15-9-8-14-10(15)2/h4-7H,3,8-9H2,1-2H3. The van der Waals surface area contributed by atoms with Crippen molar-refractivity contribution < 1.29 is 9.53 Å². The van der Waals surface area contributed by atoms with Crippen molar-refractivity contribution in [2.24, 2.45) is 4.99 Å². The maximum absolute atomic E-state index is 12.3. The molecule has 0 bridgehead atoms. The molecule has 1 amide bonds. The number of hydrogen-bond donors (Lipinski definition) is 0. The van der Waals surface area contributed by atoms with E-state index >= 15 is 0 Å². The summed E-state index contributed by atoms with van der Waals surface area (Å²) in [6, 6.07) is 7.32. The third-order valence-corrected chi connectivity index (χ3v) is 2.72. The van der Waals surface area contributed by atoms with Crippen LogP contribution in [0.15, 0.2) is 29.3 Å². The fourth-order valence-corrected chi connectivity index (χ4v) is 1.88. The van der Waals surface area contributed by atoms with Crippen molar-refractivity contribution in [3.63, 3.8) is 0 Å². The summed E-state index contributed by atoms with van der Waals surface area (Å²) >= 11 is 0. The first-order valence-electron chi connectivity index (χ1n) is 5.78. The van der Waals surface area contributed by atoms with E-state index in [9.17, 15) is 4.79 Å². The summed E-state index contributed by atoms with van der Waals surface area (Å²) in [6.45, 7) is 5.66. The maximum Gasteiger partial charge on any atom is 0.262 e. The molecule has 2 rings (SSSR count). The Labute approximate surface area is 101 Å². The van der Waals surface area contributed by atoms with E-state index in [0.717, 1.165) is 5.84 Å². The summed E-state index contributed by atoms with van der Waals surface area (Å²) in [7, 11) is 0. The van der Waals surface area contributed by atoms with Crippen LogP contribution in [0.1, 0.15) is 24.2 Å². The van der Waals surface area contributed by atoms with Gasteiger partial charge in [0.1, 0.15) is 11.6 Å². The largest absolute Gasteiger partial charge is 0.493 e. The van der Waals surface area contributed by atoms with Gasteiger partial charge < -0.3 is 4.74 Å². The molecule has 0 aliphatic carbocycles. The Hall–Kier alpha value is -1.84. The number of amidine groups is 1. The van der Waals surface area contributed by atoms with Gasteiger partial charge in [-0.3, -0.25) is 14.7 Å². The molecule has 0 saturated carbocycles. The van der Waals surface area contributed by atoms with Crippen LogP contribution >= 0.6 is 0 Å². The summed E-state index contributed by atoms with van der Waals surface area (Å²) in [5, 5.41) is 0. The van der Waals surface area contributed by atoms with Gasteiger partial charge in [0.05, 0.1) is 18.7 Å². The first kappa shape index (κ1) is 11.6. The van der Waals surface area contributed by atoms with Gasteiger partial charge in [0.25, 0.3) is 5.91 Å². The van der Waals surface area contributed by atoms with Crippen LogP contribution in [0.4, 0.5) is 0 Å². The number of hydrogen-bond acceptors (Lipinski definition) is 3. The van der Waals surface area contributed by atoms with Gasteiger partial charge >= 0.3 is 0 Å². The molecule has 0 spiro atoms. The lowest BCUT2D eigenvalue weighted by Crippen LogP contribution is -2.33. The van der Waals surface area contributed by atoms with Gasteiger partial charge in [-0.2, -0.15) is 0 Å². The molecular formula is C13H16N2O2. The number of nitrogens with zero attached hydrogens (tertiary/aromatic N) is 2. The SMILES string of the molecule is CCOc1ccccc1C(=O)N1CCN=C1C. The predicted octanol–water partition coefficient (Wildman–Crippen LogP) is 1.96. The molecule has 1 aromatic rings. The molecular weight excluding hydrogens is 216 g/mol. The summed E-state index contributed by atoms with van der Waals surface area (Å²) in [5.74, 6) is 1.38. The number of aliphatic imine (C=N–C) groups is 1. The molecule has 1 aromatic carbocycles. The van der Waals surface area contributed by atoms with Gasteiger partial charge in [-0.25, -0.2) is 0 Å². The number of benzene rings is 1. The van der Waals surface area contributed by atoms with Crippen LogP contribution in [0.25, 0.3) is 0 Å². The van der Waals surface area contributed by atoms with Gasteiger partial charge in [0.15, 0.2) is 0 Å². The molecule has 1 aliphatic heterocycles. The van der Waals surface area contributed by atoms with Crippen molar-refractivity contribution in [1.29, 1.82) is 0 Å². The van der Waals surface area contributed by atoms with E-state index in [4.69, 9.17) is 4.74 Å². The second kappa shape index (κ2) is 4.99. The fraction of sp³-hybridized carbons (Fsp3) is 0.385. The van der Waals surface area contributed by atoms with Crippen molar-refractivity contribution in [2.45, 2.75) is 13.8 Å². The first-order chi connectivity index (χ1) is 8.24. The van der Waals surface area contributed by atoms with E-state index < -0.39 is 0 Å². The zero-order valence-corrected chi connectivity index (χ0v) is 10.1. The highest BCUT2D eigenvalue weighted by Crippen LogP contribution is 2.21. The highest BCUT2D eigenvalue weighted by atomic mass is 16.5. The van der Waals surface area contributed by atoms with E-state index in [1.54, 1.807) is 11.0 Å². The molecule has 0 radical (unpaired) electrons. The molecule has 4 heteroatoms. The topological polar surface area (TPSA) is 41.9 Å². The van der Waals surface area contributed by atoms with E-state index in [2.05, 4.69) is 4.99 Å². The van der Waals surface area contributed by atoms with Crippen molar-refractivity contribution in [1.82, 2.24) is 4.90 Å². The summed E-state index contributed by atoms with van der Waals surface area (Å²) in [5.41, 5.74) is 0.603. The smallest absolute Gasteiger partial charge is 0.262 e. The minimum absolute atomic E-state index is 0.0344. The Morgan fingerprint density at radius 3 is 2.88 bits per heavy atom. The molecule has 0 N–H and O–H groups in total. The number of rotatable bonds is 3. The van der Waals surface area contributed by atoms with Crippen LogP contribution in [0.5, 0.6) is 5.75 Å². The summed E-state index contributed by atoms with van der Waals surface area (Å²) in [6.07, 6.45) is 0. The van der Waals surface area contributed by atoms with E-state index in [1.807, 2.05) is 32.0 Å². The van der Waals surface area contributed by atoms with Crippen LogP contribution < -0.4 is 4.74 Å². The van der Waals surface area contributed by atoms with E-state index in [-0.39, 0.29) is 5.91 Å². The quantitative estimate of drug-likeness (QED) is 0.799. The van der Waals surface area contributed by atoms with Crippen molar-refractivity contribution in [3.05, 3.63) is 29.8 Å². The molecule has 4 nitrogen and oxygen atoms in total. The average Bonchev–Trinajstić information content (AvgIpc) is 2.76. The van der Waals surface area contributed by atoms with Crippen LogP contribution in [-0.2, 0) is 0 Å². The van der Waals surface area contributed by atoms with Gasteiger partial charge in [-0.05, 0) is 26.0 Å². The molecule has 17 heavy (non-hydrogen) atoms. The van der Waals surface area contributed by atoms with Crippen LogP contribution in [0.3, 0.4) is 0 Å². The Bertz CT molecular complexity index is 454. The van der Waals surface area contributed by atoms with E-state index in [1.165, 1.54) is 0 Å². The van der Waals surface area contributed by atoms with Crippen LogP contribution in [0, 0.1) is 0 Å². The zero-order valence-electron chi connectivity index (χ0n) is 10.1. The molecule has 0 fully saturated rings. The highest BCUT2D eigenvalue weighted by molar-refractivity contribution is 6.07. The first-order valence-corrected chi connectivity index (χ1v) is 5.78. The van der Waals surface area contributed by atoms with Crippen LogP contribution in [-0.4, -0.2) is 36.3 Å². The molecule has 0 saturated heterocycles. The summed E-state index contributed by atoms with van der Waals surface area (Å²) < 4.78 is 5.47. The normalized spacial score (nSPS) is 14.7. The van der Waals surface area contributed by atoms with Gasteiger partial charge in [-0.15, -0.1) is 0 Å². The fourth-order valence-electron chi connectivity index (χ4n) is 1.88. The van der Waals surface area contributed by atoms with Crippen LogP contribution in [0.2, 0.25) is 0 Å². The Balaban J connectivity index is 2.27. The molecule has 1 heterocycles. The number of carbonyl (C=O) groups is 1. The molecule has 1 aliphatic rings. The molecule has 90 valence electrons. The third kappa shape index (κ3) is 2.30. The highest BCUT2D eigenvalue weighted by Gasteiger charge is 2.23. The second-order valence-corrected chi connectivity index (χ2v) is 3.81. The van der Waals surface area contributed by atoms with Gasteiger partial charge in [0, 0.05) is 6.54 Å². The Morgan fingerprint density at radius 2 is 2.24 bits per heavy atom. The minimum atomic E-state index is -0.0344. The lowest BCUT2D eigenvalue weighted by molar-refractivity contribution is 0.0853. The molecule has 0 aromatic heterocycles. The van der Waals surface area contributed by atoms with Gasteiger partial charge in [0.2, 0.25) is 0 Å². The lowest BCUT2D eigenvalue weighted by Gasteiger charge is -2.17. The minimum Gasteiger partial charge on any atom is -0.493 e. The third-order valence-electron chi connectivity index (χ3n) is 2.72. The number of amides is 1. The predicted molar refractivity (Wildman–Crippen MR) is 66.6 cm³/mol.